The number of anilines is 1. The van der Waals surface area contributed by atoms with E-state index in [0.29, 0.717) is 12.0 Å². The molecule has 0 radical (unpaired) electrons. The topological polar surface area (TPSA) is 63.2 Å². The molecule has 1 fully saturated rings. The zero-order chi connectivity index (χ0) is 18.1. The van der Waals surface area contributed by atoms with Crippen LogP contribution in [-0.4, -0.2) is 17.1 Å². The minimum Gasteiger partial charge on any atom is -0.445 e. The van der Waals surface area contributed by atoms with E-state index in [0.717, 1.165) is 21.5 Å². The van der Waals surface area contributed by atoms with Gasteiger partial charge in [0, 0.05) is 12.0 Å². The first-order chi connectivity index (χ1) is 12.6. The van der Waals surface area contributed by atoms with Crippen molar-refractivity contribution in [1.29, 1.82) is 0 Å². The molecule has 2 N–H and O–H groups in total. The van der Waals surface area contributed by atoms with E-state index >= 15 is 0 Å². The van der Waals surface area contributed by atoms with E-state index in [1.165, 1.54) is 12.8 Å². The number of rotatable bonds is 4. The van der Waals surface area contributed by atoms with Crippen molar-refractivity contribution in [3.8, 4) is 0 Å². The molecule has 1 aliphatic carbocycles. The van der Waals surface area contributed by atoms with Crippen LogP contribution in [0.5, 0.6) is 0 Å². The lowest BCUT2D eigenvalue weighted by molar-refractivity contribution is 0.129. The summed E-state index contributed by atoms with van der Waals surface area (Å²) >= 11 is 3.44. The van der Waals surface area contributed by atoms with Gasteiger partial charge in [0.05, 0.1) is 17.4 Å². The molecule has 136 valence electrons. The maximum atomic E-state index is 12.4. The molecule has 6 heteroatoms. The minimum absolute atomic E-state index is 0.169. The zero-order valence-electron chi connectivity index (χ0n) is 14.6. The summed E-state index contributed by atoms with van der Waals surface area (Å²) in [4.78, 5) is 17.0. The van der Waals surface area contributed by atoms with Crippen molar-refractivity contribution >= 4 is 27.7 Å². The Morgan fingerprint density at radius 1 is 1.27 bits per heavy atom. The summed E-state index contributed by atoms with van der Waals surface area (Å²) in [6.45, 7) is 2.43. The number of amides is 1. The van der Waals surface area contributed by atoms with Gasteiger partial charge in [-0.3, -0.25) is 0 Å². The molecule has 0 bridgehead atoms. The maximum Gasteiger partial charge on any atom is 0.408 e. The number of nitrogens with one attached hydrogen (secondary N) is 2. The van der Waals surface area contributed by atoms with Crippen molar-refractivity contribution in [1.82, 2.24) is 10.3 Å². The number of carbonyl (C=O) groups excluding carboxylic acids is 1. The second-order valence-electron chi connectivity index (χ2n) is 7.12. The Labute approximate surface area is 161 Å². The van der Waals surface area contributed by atoms with Crippen LogP contribution in [0.4, 0.5) is 10.5 Å². The monoisotopic (exact) mass is 415 g/mol. The first-order valence-electron chi connectivity index (χ1n) is 9.02. The quantitative estimate of drug-likeness (QED) is 0.713. The standard InChI is InChI=1S/C20H22BrN3O2/c1-12-17(14-7-8-14)22-15-9-10-16(21)23-19(15)18(12)24-20(25)26-11-13-5-3-2-4-6-13/h2-6,9-10,12,14,17-18,22H,7-8,11H2,1H3,(H,24,25)/t12-,17+,18?/m0/s1. The second kappa shape index (κ2) is 7.27. The van der Waals surface area contributed by atoms with Crippen LogP contribution in [0.1, 0.15) is 37.1 Å². The molecule has 1 aromatic carbocycles. The molecule has 2 aromatic rings. The summed E-state index contributed by atoms with van der Waals surface area (Å²) in [7, 11) is 0. The van der Waals surface area contributed by atoms with E-state index in [1.807, 2.05) is 42.5 Å². The Morgan fingerprint density at radius 2 is 2.04 bits per heavy atom. The Balaban J connectivity index is 1.50. The molecule has 1 saturated carbocycles. The highest BCUT2D eigenvalue weighted by atomic mass is 79.9. The van der Waals surface area contributed by atoms with Gasteiger partial charge in [0.2, 0.25) is 0 Å². The fourth-order valence-corrected chi connectivity index (χ4v) is 3.99. The highest BCUT2D eigenvalue weighted by Crippen LogP contribution is 2.45. The average Bonchev–Trinajstić information content (AvgIpc) is 3.48. The SMILES string of the molecule is C[C@@H]1C(NC(=O)OCc2ccccc2)c2nc(Br)ccc2N[C@H]1C1CC1. The van der Waals surface area contributed by atoms with Gasteiger partial charge in [-0.25, -0.2) is 9.78 Å². The molecule has 0 saturated heterocycles. The van der Waals surface area contributed by atoms with E-state index in [9.17, 15) is 4.79 Å². The lowest BCUT2D eigenvalue weighted by Crippen LogP contribution is -2.45. The first-order valence-corrected chi connectivity index (χ1v) is 9.81. The van der Waals surface area contributed by atoms with Gasteiger partial charge in [-0.05, 0) is 52.4 Å². The summed E-state index contributed by atoms with van der Waals surface area (Å²) in [6, 6.07) is 13.8. The minimum atomic E-state index is -0.408. The van der Waals surface area contributed by atoms with Gasteiger partial charge in [-0.2, -0.15) is 0 Å². The van der Waals surface area contributed by atoms with Crippen molar-refractivity contribution in [3.05, 3.63) is 58.3 Å². The van der Waals surface area contributed by atoms with Crippen LogP contribution in [0.25, 0.3) is 0 Å². The number of hydrogen-bond donors (Lipinski definition) is 2. The van der Waals surface area contributed by atoms with Crippen LogP contribution in [0.3, 0.4) is 0 Å². The molecule has 3 atom stereocenters. The smallest absolute Gasteiger partial charge is 0.408 e. The van der Waals surface area contributed by atoms with Gasteiger partial charge in [0.15, 0.2) is 0 Å². The molecule has 2 heterocycles. The third-order valence-electron chi connectivity index (χ3n) is 5.22. The van der Waals surface area contributed by atoms with Crippen LogP contribution >= 0.6 is 15.9 Å². The molecule has 1 amide bonds. The van der Waals surface area contributed by atoms with Crippen LogP contribution in [0.15, 0.2) is 47.1 Å². The summed E-state index contributed by atoms with van der Waals surface area (Å²) in [5.41, 5.74) is 2.83. The van der Waals surface area contributed by atoms with Gasteiger partial charge < -0.3 is 15.4 Å². The highest BCUT2D eigenvalue weighted by molar-refractivity contribution is 9.10. The van der Waals surface area contributed by atoms with Gasteiger partial charge in [-0.15, -0.1) is 0 Å². The fourth-order valence-electron chi connectivity index (χ4n) is 3.67. The number of carbonyl (C=O) groups is 1. The van der Waals surface area contributed by atoms with E-state index < -0.39 is 6.09 Å². The molecule has 1 aromatic heterocycles. The number of benzene rings is 1. The molecule has 1 aliphatic heterocycles. The van der Waals surface area contributed by atoms with E-state index in [-0.39, 0.29) is 18.6 Å². The molecule has 0 spiro atoms. The fraction of sp³-hybridized carbons (Fsp3) is 0.400. The van der Waals surface area contributed by atoms with Crippen molar-refractivity contribution < 1.29 is 9.53 Å². The summed E-state index contributed by atoms with van der Waals surface area (Å²) in [5, 5.41) is 6.67. The van der Waals surface area contributed by atoms with Crippen LogP contribution in [-0.2, 0) is 11.3 Å². The van der Waals surface area contributed by atoms with Crippen molar-refractivity contribution in [3.63, 3.8) is 0 Å². The summed E-state index contributed by atoms with van der Waals surface area (Å²) in [6.07, 6.45) is 2.08. The predicted octanol–water partition coefficient (Wildman–Crippen LogP) is 4.65. The molecule has 4 rings (SSSR count). The third-order valence-corrected chi connectivity index (χ3v) is 5.66. The van der Waals surface area contributed by atoms with Gasteiger partial charge in [0.1, 0.15) is 11.2 Å². The van der Waals surface area contributed by atoms with Gasteiger partial charge >= 0.3 is 6.09 Å². The lowest BCUT2D eigenvalue weighted by Gasteiger charge is -2.38. The number of halogens is 1. The van der Waals surface area contributed by atoms with E-state index in [1.54, 1.807) is 0 Å². The Kier molecular flexibility index (Phi) is 4.85. The first kappa shape index (κ1) is 17.3. The molecule has 1 unspecified atom stereocenters. The number of fused-ring (bicyclic) bond motifs is 1. The molecule has 26 heavy (non-hydrogen) atoms. The summed E-state index contributed by atoms with van der Waals surface area (Å²) < 4.78 is 6.19. The molecular formula is C20H22BrN3O2. The largest absolute Gasteiger partial charge is 0.445 e. The Hall–Kier alpha value is -2.08. The number of ether oxygens (including phenoxy) is 1. The zero-order valence-corrected chi connectivity index (χ0v) is 16.2. The molecular weight excluding hydrogens is 394 g/mol. The third kappa shape index (κ3) is 3.70. The number of hydrogen-bond acceptors (Lipinski definition) is 4. The predicted molar refractivity (Wildman–Crippen MR) is 104 cm³/mol. The normalized spacial score (nSPS) is 24.3. The number of nitrogens with zero attached hydrogens (tertiary/aromatic N) is 1. The van der Waals surface area contributed by atoms with Gasteiger partial charge in [-0.1, -0.05) is 37.3 Å². The van der Waals surface area contributed by atoms with Crippen LogP contribution < -0.4 is 10.6 Å². The van der Waals surface area contributed by atoms with Crippen molar-refractivity contribution in [2.45, 2.75) is 38.5 Å². The number of pyridine rings is 1. The maximum absolute atomic E-state index is 12.4. The van der Waals surface area contributed by atoms with Crippen molar-refractivity contribution in [2.75, 3.05) is 5.32 Å². The van der Waals surface area contributed by atoms with Crippen LogP contribution in [0.2, 0.25) is 0 Å². The lowest BCUT2D eigenvalue weighted by atomic mass is 9.84. The number of aromatic nitrogens is 1. The molecule has 5 nitrogen and oxygen atoms in total. The Morgan fingerprint density at radius 3 is 2.77 bits per heavy atom. The van der Waals surface area contributed by atoms with Gasteiger partial charge in [0.25, 0.3) is 0 Å². The summed E-state index contributed by atoms with van der Waals surface area (Å²) in [5.74, 6) is 0.910. The highest BCUT2D eigenvalue weighted by Gasteiger charge is 2.43. The van der Waals surface area contributed by atoms with Crippen LogP contribution in [0, 0.1) is 11.8 Å². The molecule has 2 aliphatic rings. The van der Waals surface area contributed by atoms with E-state index in [2.05, 4.69) is 38.5 Å². The Bertz CT molecular complexity index is 795. The average molecular weight is 416 g/mol. The van der Waals surface area contributed by atoms with E-state index in [4.69, 9.17) is 4.74 Å². The number of alkyl carbamates (subject to hydrolysis) is 1. The second-order valence-corrected chi connectivity index (χ2v) is 7.93. The van der Waals surface area contributed by atoms with Crippen molar-refractivity contribution in [2.24, 2.45) is 11.8 Å².